The lowest BCUT2D eigenvalue weighted by molar-refractivity contribution is -0.134. The van der Waals surface area contributed by atoms with Crippen molar-refractivity contribution in [3.05, 3.63) is 59.7 Å². The van der Waals surface area contributed by atoms with Gasteiger partial charge >= 0.3 is 6.09 Å². The molecular weight excluding hydrogens is 420 g/mol. The van der Waals surface area contributed by atoms with Gasteiger partial charge in [0.1, 0.15) is 17.1 Å². The minimum atomic E-state index is -0.636. The molecule has 0 unspecified atom stereocenters. The number of piperidine rings is 1. The van der Waals surface area contributed by atoms with E-state index in [0.29, 0.717) is 26.1 Å². The molecule has 0 saturated carbocycles. The van der Waals surface area contributed by atoms with Gasteiger partial charge in [-0.1, -0.05) is 24.3 Å². The number of methoxy groups -OCH3 is 2. The number of carbonyl (C=O) groups is 2. The van der Waals surface area contributed by atoms with Crippen LogP contribution in [0.4, 0.5) is 4.79 Å². The molecule has 1 atom stereocenters. The van der Waals surface area contributed by atoms with Gasteiger partial charge in [0.25, 0.3) is 0 Å². The van der Waals surface area contributed by atoms with Crippen LogP contribution in [0.2, 0.25) is 0 Å². The zero-order chi connectivity index (χ0) is 24.0. The molecule has 0 bridgehead atoms. The fraction of sp³-hybridized carbons (Fsp3) is 0.462. The first kappa shape index (κ1) is 24.6. The van der Waals surface area contributed by atoms with E-state index < -0.39 is 11.7 Å². The molecule has 1 aliphatic rings. The molecule has 2 aromatic carbocycles. The average Bonchev–Trinajstić information content (AvgIpc) is 2.78. The van der Waals surface area contributed by atoms with Crippen molar-refractivity contribution in [2.45, 2.75) is 58.3 Å². The number of benzene rings is 2. The first-order chi connectivity index (χ1) is 15.7. The highest BCUT2D eigenvalue weighted by molar-refractivity contribution is 5.93. The van der Waals surface area contributed by atoms with E-state index in [2.05, 4.69) is 4.90 Å². The smallest absolute Gasteiger partial charge is 0.417 e. The maximum atomic E-state index is 12.9. The van der Waals surface area contributed by atoms with Crippen LogP contribution < -0.4 is 9.47 Å². The third kappa shape index (κ3) is 6.96. The molecule has 0 N–H and O–H groups in total. The fourth-order valence-corrected chi connectivity index (χ4v) is 3.88. The Morgan fingerprint density at radius 2 is 1.42 bits per heavy atom. The van der Waals surface area contributed by atoms with Crippen LogP contribution in [0.3, 0.4) is 0 Å². The molecule has 2 aromatic rings. The number of hydrogen-bond acceptors (Lipinski definition) is 6. The van der Waals surface area contributed by atoms with Crippen molar-refractivity contribution in [2.24, 2.45) is 0 Å². The number of hydrogen-bond donors (Lipinski definition) is 0. The van der Waals surface area contributed by atoms with Crippen molar-refractivity contribution >= 4 is 12.0 Å². The second-order valence-corrected chi connectivity index (χ2v) is 9.27. The Morgan fingerprint density at radius 3 is 1.82 bits per heavy atom. The number of amides is 2. The van der Waals surface area contributed by atoms with Gasteiger partial charge in [-0.2, -0.15) is 0 Å². The van der Waals surface area contributed by atoms with Gasteiger partial charge in [-0.05, 0) is 62.6 Å². The SMILES string of the molecule is COc1ccc(CN(Cc2ccc(OC)cc2)[C@H]2CCN(C(=O)OC(C)(C)C)C(=O)C2)cc1. The molecule has 1 saturated heterocycles. The Morgan fingerprint density at radius 1 is 0.939 bits per heavy atom. The van der Waals surface area contributed by atoms with Crippen LogP contribution in [0.25, 0.3) is 0 Å². The van der Waals surface area contributed by atoms with Crippen molar-refractivity contribution in [3.8, 4) is 11.5 Å². The average molecular weight is 455 g/mol. The summed E-state index contributed by atoms with van der Waals surface area (Å²) in [5.74, 6) is 1.41. The maximum absolute atomic E-state index is 12.9. The van der Waals surface area contributed by atoms with E-state index in [4.69, 9.17) is 14.2 Å². The molecule has 0 spiro atoms. The topological polar surface area (TPSA) is 68.3 Å². The number of nitrogens with zero attached hydrogens (tertiary/aromatic N) is 2. The number of rotatable bonds is 7. The largest absolute Gasteiger partial charge is 0.497 e. The molecule has 7 heteroatoms. The quantitative estimate of drug-likeness (QED) is 0.608. The number of likely N-dealkylation sites (tertiary alicyclic amines) is 1. The molecule has 3 rings (SSSR count). The molecular formula is C26H34N2O5. The van der Waals surface area contributed by atoms with E-state index in [1.165, 1.54) is 4.90 Å². The fourth-order valence-electron chi connectivity index (χ4n) is 3.88. The number of ether oxygens (including phenoxy) is 3. The summed E-state index contributed by atoms with van der Waals surface area (Å²) < 4.78 is 15.9. The maximum Gasteiger partial charge on any atom is 0.417 e. The Labute approximate surface area is 196 Å². The summed E-state index contributed by atoms with van der Waals surface area (Å²) in [6, 6.07) is 15.9. The van der Waals surface area contributed by atoms with Gasteiger partial charge in [-0.3, -0.25) is 9.69 Å². The third-order valence-corrected chi connectivity index (χ3v) is 5.62. The zero-order valence-corrected chi connectivity index (χ0v) is 20.2. The molecule has 1 heterocycles. The summed E-state index contributed by atoms with van der Waals surface area (Å²) in [6.07, 6.45) is 0.394. The van der Waals surface area contributed by atoms with Crippen LogP contribution in [0.15, 0.2) is 48.5 Å². The van der Waals surface area contributed by atoms with E-state index in [0.717, 1.165) is 22.6 Å². The molecule has 1 fully saturated rings. The monoisotopic (exact) mass is 454 g/mol. The van der Waals surface area contributed by atoms with Crippen LogP contribution in [-0.4, -0.2) is 54.2 Å². The van der Waals surface area contributed by atoms with Gasteiger partial charge in [0, 0.05) is 32.1 Å². The van der Waals surface area contributed by atoms with Crippen LogP contribution in [0.1, 0.15) is 44.7 Å². The predicted octanol–water partition coefficient (Wildman–Crippen LogP) is 4.63. The molecule has 1 aliphatic heterocycles. The summed E-state index contributed by atoms with van der Waals surface area (Å²) in [6.45, 7) is 7.11. The standard InChI is InChI=1S/C26H34N2O5/c1-26(2,3)33-25(30)28-15-14-21(16-24(28)29)27(17-19-6-10-22(31-4)11-7-19)18-20-8-12-23(32-5)13-9-20/h6-13,21H,14-18H2,1-5H3/t21-/m0/s1. The van der Waals surface area contributed by atoms with E-state index >= 15 is 0 Å². The first-order valence-electron chi connectivity index (χ1n) is 11.2. The first-order valence-corrected chi connectivity index (χ1v) is 11.2. The van der Waals surface area contributed by atoms with E-state index in [9.17, 15) is 9.59 Å². The van der Waals surface area contributed by atoms with Crippen molar-refractivity contribution in [2.75, 3.05) is 20.8 Å². The minimum absolute atomic E-state index is 0.0143. The Bertz CT molecular complexity index is 885. The highest BCUT2D eigenvalue weighted by atomic mass is 16.6. The lowest BCUT2D eigenvalue weighted by Gasteiger charge is -2.38. The van der Waals surface area contributed by atoms with Crippen LogP contribution >= 0.6 is 0 Å². The second kappa shape index (κ2) is 10.7. The van der Waals surface area contributed by atoms with Gasteiger partial charge in [-0.25, -0.2) is 9.69 Å². The van der Waals surface area contributed by atoms with Crippen molar-refractivity contribution < 1.29 is 23.8 Å². The predicted molar refractivity (Wildman–Crippen MR) is 126 cm³/mol. The van der Waals surface area contributed by atoms with Gasteiger partial charge in [0.2, 0.25) is 5.91 Å². The van der Waals surface area contributed by atoms with Gasteiger partial charge < -0.3 is 14.2 Å². The summed E-state index contributed by atoms with van der Waals surface area (Å²) in [4.78, 5) is 28.9. The molecule has 33 heavy (non-hydrogen) atoms. The molecule has 178 valence electrons. The van der Waals surface area contributed by atoms with Gasteiger partial charge in [0.05, 0.1) is 14.2 Å². The van der Waals surface area contributed by atoms with Crippen LogP contribution in [0.5, 0.6) is 11.5 Å². The molecule has 0 aliphatic carbocycles. The highest BCUT2D eigenvalue weighted by Gasteiger charge is 2.35. The van der Waals surface area contributed by atoms with E-state index in [1.54, 1.807) is 35.0 Å². The number of imide groups is 1. The lowest BCUT2D eigenvalue weighted by Crippen LogP contribution is -2.50. The highest BCUT2D eigenvalue weighted by Crippen LogP contribution is 2.25. The third-order valence-electron chi connectivity index (χ3n) is 5.62. The second-order valence-electron chi connectivity index (χ2n) is 9.27. The van der Waals surface area contributed by atoms with E-state index in [-0.39, 0.29) is 18.4 Å². The number of carbonyl (C=O) groups excluding carboxylic acids is 2. The summed E-state index contributed by atoms with van der Waals surface area (Å²) in [7, 11) is 3.30. The Kier molecular flexibility index (Phi) is 7.97. The molecule has 0 aromatic heterocycles. The Hall–Kier alpha value is -3.06. The lowest BCUT2D eigenvalue weighted by atomic mass is 10.0. The van der Waals surface area contributed by atoms with Gasteiger partial charge in [0.15, 0.2) is 0 Å². The van der Waals surface area contributed by atoms with E-state index in [1.807, 2.05) is 48.5 Å². The zero-order valence-electron chi connectivity index (χ0n) is 20.2. The molecule has 0 radical (unpaired) electrons. The molecule has 2 amide bonds. The minimum Gasteiger partial charge on any atom is -0.497 e. The summed E-state index contributed by atoms with van der Waals surface area (Å²) >= 11 is 0. The van der Waals surface area contributed by atoms with Crippen molar-refractivity contribution in [1.29, 1.82) is 0 Å². The van der Waals surface area contributed by atoms with Crippen LogP contribution in [-0.2, 0) is 22.6 Å². The van der Waals surface area contributed by atoms with Crippen LogP contribution in [0, 0.1) is 0 Å². The van der Waals surface area contributed by atoms with Gasteiger partial charge in [-0.15, -0.1) is 0 Å². The molecule has 7 nitrogen and oxygen atoms in total. The summed E-state index contributed by atoms with van der Waals surface area (Å²) in [5, 5.41) is 0. The van der Waals surface area contributed by atoms with Crippen molar-refractivity contribution in [3.63, 3.8) is 0 Å². The normalized spacial score (nSPS) is 16.6. The Balaban J connectivity index is 1.75. The van der Waals surface area contributed by atoms with Crippen molar-refractivity contribution in [1.82, 2.24) is 9.80 Å². The summed E-state index contributed by atoms with van der Waals surface area (Å²) in [5.41, 5.74) is 1.63.